The van der Waals surface area contributed by atoms with Gasteiger partial charge in [-0.3, -0.25) is 0 Å². The van der Waals surface area contributed by atoms with E-state index in [-0.39, 0.29) is 5.60 Å². The van der Waals surface area contributed by atoms with Crippen LogP contribution < -0.4 is 10.2 Å². The van der Waals surface area contributed by atoms with Crippen molar-refractivity contribution in [3.63, 3.8) is 0 Å². The van der Waals surface area contributed by atoms with E-state index in [4.69, 9.17) is 9.47 Å². The molecule has 2 N–H and O–H groups in total. The maximum Gasteiger partial charge on any atom is 0.492 e. The van der Waals surface area contributed by atoms with Crippen LogP contribution in [-0.4, -0.2) is 36.0 Å². The van der Waals surface area contributed by atoms with E-state index < -0.39 is 7.12 Å². The van der Waals surface area contributed by atoms with E-state index in [0.29, 0.717) is 24.4 Å². The lowest BCUT2D eigenvalue weighted by Crippen LogP contribution is -2.32. The molecule has 0 radical (unpaired) electrons. The average molecular weight is 252 g/mol. The van der Waals surface area contributed by atoms with Crippen molar-refractivity contribution in [1.29, 1.82) is 0 Å². The largest absolute Gasteiger partial charge is 0.492 e. The normalized spacial score (nSPS) is 11.4. The summed E-state index contributed by atoms with van der Waals surface area (Å²) in [6.07, 6.45) is 0. The predicted molar refractivity (Wildman–Crippen MR) is 72.2 cm³/mol. The highest BCUT2D eigenvalue weighted by molar-refractivity contribution is 6.59. The number of hydrogen-bond acceptors (Lipinski definition) is 4. The molecule has 4 nitrogen and oxygen atoms in total. The van der Waals surface area contributed by atoms with Crippen LogP contribution in [0.5, 0.6) is 5.75 Å². The molecule has 0 aliphatic heterocycles. The van der Waals surface area contributed by atoms with E-state index in [1.165, 1.54) is 0 Å². The van der Waals surface area contributed by atoms with Crippen LogP contribution in [0.1, 0.15) is 26.3 Å². The summed E-state index contributed by atoms with van der Waals surface area (Å²) in [6, 6.07) is 5.30. The van der Waals surface area contributed by atoms with E-state index in [1.807, 2.05) is 33.8 Å². The molecule has 1 aromatic carbocycles. The van der Waals surface area contributed by atoms with Gasteiger partial charge in [-0.1, -0.05) is 17.7 Å². The fourth-order valence-electron chi connectivity index (χ4n) is 1.50. The molecule has 0 spiro atoms. The molecule has 18 heavy (non-hydrogen) atoms. The third kappa shape index (κ3) is 5.08. The lowest BCUT2D eigenvalue weighted by Gasteiger charge is -2.20. The lowest BCUT2D eigenvalue weighted by atomic mass is 9.79. The molecular formula is C13H21BO4. The maximum absolute atomic E-state index is 9.26. The van der Waals surface area contributed by atoms with Crippen LogP contribution in [0.15, 0.2) is 18.2 Å². The summed E-state index contributed by atoms with van der Waals surface area (Å²) < 4.78 is 11.0. The first-order chi connectivity index (χ1) is 8.29. The Bertz CT molecular complexity index is 385. The lowest BCUT2D eigenvalue weighted by molar-refractivity contribution is -0.0162. The van der Waals surface area contributed by atoms with Gasteiger partial charge < -0.3 is 19.5 Å². The van der Waals surface area contributed by atoms with Gasteiger partial charge in [0.05, 0.1) is 12.2 Å². The standard InChI is InChI=1S/C13H21BO4/c1-10-5-6-12(11(9-10)14(15)16)17-7-8-18-13(2,3)4/h5-6,9,15-16H,7-8H2,1-4H3. The van der Waals surface area contributed by atoms with E-state index in [1.54, 1.807) is 12.1 Å². The summed E-state index contributed by atoms with van der Waals surface area (Å²) in [4.78, 5) is 0. The van der Waals surface area contributed by atoms with E-state index in [0.717, 1.165) is 5.56 Å². The molecule has 0 amide bonds. The van der Waals surface area contributed by atoms with Gasteiger partial charge in [-0.15, -0.1) is 0 Å². The average Bonchev–Trinajstić information content (AvgIpc) is 2.24. The first kappa shape index (κ1) is 15.0. The third-order valence-electron chi connectivity index (χ3n) is 2.32. The van der Waals surface area contributed by atoms with E-state index in [9.17, 15) is 10.0 Å². The number of rotatable bonds is 5. The monoisotopic (exact) mass is 252 g/mol. The zero-order valence-corrected chi connectivity index (χ0v) is 11.4. The molecule has 0 aliphatic rings. The van der Waals surface area contributed by atoms with E-state index in [2.05, 4.69) is 0 Å². The van der Waals surface area contributed by atoms with Crippen molar-refractivity contribution in [3.05, 3.63) is 23.8 Å². The number of hydrogen-bond donors (Lipinski definition) is 2. The molecule has 0 saturated carbocycles. The van der Waals surface area contributed by atoms with Crippen LogP contribution in [0, 0.1) is 6.92 Å². The van der Waals surface area contributed by atoms with Gasteiger partial charge in [0, 0.05) is 5.46 Å². The second-order valence-electron chi connectivity index (χ2n) is 5.22. The predicted octanol–water partition coefficient (Wildman–Crippen LogP) is 0.869. The molecule has 0 bridgehead atoms. The van der Waals surface area contributed by atoms with Crippen LogP contribution in [0.25, 0.3) is 0 Å². The maximum atomic E-state index is 9.26. The summed E-state index contributed by atoms with van der Waals surface area (Å²) >= 11 is 0. The molecule has 0 fully saturated rings. The van der Waals surface area contributed by atoms with Gasteiger partial charge >= 0.3 is 7.12 Å². The Morgan fingerprint density at radius 2 is 1.83 bits per heavy atom. The first-order valence-electron chi connectivity index (χ1n) is 6.03. The van der Waals surface area contributed by atoms with E-state index >= 15 is 0 Å². The highest BCUT2D eigenvalue weighted by atomic mass is 16.5. The Morgan fingerprint density at radius 1 is 1.17 bits per heavy atom. The topological polar surface area (TPSA) is 58.9 Å². The number of ether oxygens (including phenoxy) is 2. The quantitative estimate of drug-likeness (QED) is 0.603. The molecule has 1 aromatic rings. The van der Waals surface area contributed by atoms with Gasteiger partial charge in [-0.2, -0.15) is 0 Å². The Hall–Kier alpha value is -1.04. The van der Waals surface area contributed by atoms with Crippen molar-refractivity contribution < 1.29 is 19.5 Å². The van der Waals surface area contributed by atoms with Crippen molar-refractivity contribution in [2.24, 2.45) is 0 Å². The summed E-state index contributed by atoms with van der Waals surface area (Å²) in [5.74, 6) is 0.480. The Labute approximate surface area is 109 Å². The minimum absolute atomic E-state index is 0.198. The highest BCUT2D eigenvalue weighted by Crippen LogP contribution is 2.11. The Kier molecular flexibility index (Phi) is 5.20. The summed E-state index contributed by atoms with van der Waals surface area (Å²) in [5, 5.41) is 18.5. The summed E-state index contributed by atoms with van der Waals surface area (Å²) in [5.41, 5.74) is 1.14. The molecule has 0 aromatic heterocycles. The smallest absolute Gasteiger partial charge is 0.492 e. The third-order valence-corrected chi connectivity index (χ3v) is 2.32. The minimum atomic E-state index is -1.52. The zero-order chi connectivity index (χ0) is 13.8. The fourth-order valence-corrected chi connectivity index (χ4v) is 1.50. The highest BCUT2D eigenvalue weighted by Gasteiger charge is 2.17. The molecule has 0 saturated heterocycles. The fraction of sp³-hybridized carbons (Fsp3) is 0.538. The zero-order valence-electron chi connectivity index (χ0n) is 11.4. The summed E-state index contributed by atoms with van der Waals surface area (Å²) in [7, 11) is -1.52. The van der Waals surface area contributed by atoms with Crippen molar-refractivity contribution in [2.45, 2.75) is 33.3 Å². The molecule has 0 unspecified atom stereocenters. The van der Waals surface area contributed by atoms with Gasteiger partial charge in [0.15, 0.2) is 0 Å². The van der Waals surface area contributed by atoms with Gasteiger partial charge in [-0.05, 0) is 33.8 Å². The van der Waals surface area contributed by atoms with Crippen molar-refractivity contribution in [1.82, 2.24) is 0 Å². The second kappa shape index (κ2) is 6.23. The van der Waals surface area contributed by atoms with Gasteiger partial charge in [0.25, 0.3) is 0 Å². The number of benzene rings is 1. The van der Waals surface area contributed by atoms with Crippen molar-refractivity contribution in [2.75, 3.05) is 13.2 Å². The van der Waals surface area contributed by atoms with Crippen LogP contribution in [0.4, 0.5) is 0 Å². The molecule has 0 heterocycles. The number of aryl methyl sites for hydroxylation is 1. The van der Waals surface area contributed by atoms with Crippen LogP contribution >= 0.6 is 0 Å². The Morgan fingerprint density at radius 3 is 2.39 bits per heavy atom. The van der Waals surface area contributed by atoms with Crippen LogP contribution in [0.2, 0.25) is 0 Å². The second-order valence-corrected chi connectivity index (χ2v) is 5.22. The SMILES string of the molecule is Cc1ccc(OCCOC(C)(C)C)c(B(O)O)c1. The first-order valence-corrected chi connectivity index (χ1v) is 6.03. The molecule has 100 valence electrons. The van der Waals surface area contributed by atoms with Gasteiger partial charge in [0.2, 0.25) is 0 Å². The van der Waals surface area contributed by atoms with Crippen molar-refractivity contribution in [3.8, 4) is 5.75 Å². The molecule has 0 atom stereocenters. The van der Waals surface area contributed by atoms with Crippen LogP contribution in [0.3, 0.4) is 0 Å². The van der Waals surface area contributed by atoms with Crippen molar-refractivity contribution >= 4 is 12.6 Å². The molecule has 5 heteroatoms. The molecule has 0 aliphatic carbocycles. The van der Waals surface area contributed by atoms with Gasteiger partial charge in [-0.25, -0.2) is 0 Å². The van der Waals surface area contributed by atoms with Gasteiger partial charge in [0.1, 0.15) is 12.4 Å². The molecular weight excluding hydrogens is 231 g/mol. The Balaban J connectivity index is 2.57. The molecule has 1 rings (SSSR count). The minimum Gasteiger partial charge on any atom is -0.492 e. The summed E-state index contributed by atoms with van der Waals surface area (Å²) in [6.45, 7) is 8.64. The van der Waals surface area contributed by atoms with Crippen LogP contribution in [-0.2, 0) is 4.74 Å².